The van der Waals surface area contributed by atoms with Gasteiger partial charge in [0.2, 0.25) is 0 Å². The van der Waals surface area contributed by atoms with E-state index in [1.54, 1.807) is 30.3 Å². The fourth-order valence-corrected chi connectivity index (χ4v) is 2.91. The summed E-state index contributed by atoms with van der Waals surface area (Å²) in [6.45, 7) is 2.59. The summed E-state index contributed by atoms with van der Waals surface area (Å²) in [6, 6.07) is 12.1. The molecule has 0 saturated carbocycles. The molecule has 1 fully saturated rings. The van der Waals surface area contributed by atoms with E-state index in [9.17, 15) is 19.7 Å². The van der Waals surface area contributed by atoms with E-state index in [0.717, 1.165) is 19.4 Å². The smallest absolute Gasteiger partial charge is 0.338 e. The molecule has 0 aromatic heterocycles. The molecule has 0 unspecified atom stereocenters. The number of amides is 1. The number of rotatable bonds is 8. The van der Waals surface area contributed by atoms with E-state index >= 15 is 0 Å². The zero-order valence-corrected chi connectivity index (χ0v) is 16.4. The summed E-state index contributed by atoms with van der Waals surface area (Å²) in [4.78, 5) is 35.0. The van der Waals surface area contributed by atoms with E-state index in [1.807, 2.05) is 0 Å². The zero-order valence-electron chi connectivity index (χ0n) is 16.4. The van der Waals surface area contributed by atoms with Gasteiger partial charge in [0.05, 0.1) is 16.6 Å². The molecular weight excluding hydrogens is 392 g/mol. The summed E-state index contributed by atoms with van der Waals surface area (Å²) < 4.78 is 16.3. The number of hydrogen-bond donors (Lipinski definition) is 1. The number of anilines is 1. The van der Waals surface area contributed by atoms with Crippen LogP contribution in [-0.4, -0.2) is 42.2 Å². The van der Waals surface area contributed by atoms with Crippen LogP contribution < -0.4 is 10.1 Å². The highest BCUT2D eigenvalue weighted by atomic mass is 16.6. The Kier molecular flexibility index (Phi) is 6.97. The average molecular weight is 414 g/mol. The minimum absolute atomic E-state index is 0.0307. The highest BCUT2D eigenvalue weighted by Crippen LogP contribution is 2.23. The number of carbonyl (C=O) groups is 2. The number of carbonyl (C=O) groups excluding carboxylic acids is 2. The van der Waals surface area contributed by atoms with E-state index in [-0.39, 0.29) is 23.0 Å². The molecular formula is C21H22N2O7. The van der Waals surface area contributed by atoms with Gasteiger partial charge in [-0.3, -0.25) is 14.9 Å². The van der Waals surface area contributed by atoms with Crippen molar-refractivity contribution in [3.05, 3.63) is 64.2 Å². The lowest BCUT2D eigenvalue weighted by atomic mass is 10.2. The van der Waals surface area contributed by atoms with Crippen molar-refractivity contribution in [1.29, 1.82) is 0 Å². The largest absolute Gasteiger partial charge is 0.491 e. The second kappa shape index (κ2) is 9.84. The molecule has 9 heteroatoms. The highest BCUT2D eigenvalue weighted by Gasteiger charge is 2.22. The van der Waals surface area contributed by atoms with E-state index in [0.29, 0.717) is 12.4 Å². The number of ether oxygens (including phenoxy) is 3. The maximum atomic E-state index is 12.3. The molecule has 1 N–H and O–H groups in total. The lowest BCUT2D eigenvalue weighted by Gasteiger charge is -2.14. The van der Waals surface area contributed by atoms with Crippen molar-refractivity contribution in [3.8, 4) is 5.75 Å². The quantitative estimate of drug-likeness (QED) is 0.400. The third kappa shape index (κ3) is 5.54. The van der Waals surface area contributed by atoms with Gasteiger partial charge in [-0.05, 0) is 50.1 Å². The maximum absolute atomic E-state index is 12.3. The van der Waals surface area contributed by atoms with Gasteiger partial charge in [-0.1, -0.05) is 12.1 Å². The molecule has 1 aliphatic heterocycles. The van der Waals surface area contributed by atoms with Gasteiger partial charge in [-0.25, -0.2) is 4.79 Å². The van der Waals surface area contributed by atoms with Crippen molar-refractivity contribution in [1.82, 2.24) is 0 Å². The monoisotopic (exact) mass is 414 g/mol. The molecule has 1 aliphatic rings. The molecule has 0 bridgehead atoms. The Morgan fingerprint density at radius 3 is 2.63 bits per heavy atom. The highest BCUT2D eigenvalue weighted by molar-refractivity contribution is 5.98. The molecule has 158 valence electrons. The normalized spacial score (nSPS) is 16.5. The van der Waals surface area contributed by atoms with Crippen LogP contribution in [0.2, 0.25) is 0 Å². The lowest BCUT2D eigenvalue weighted by Crippen LogP contribution is -2.30. The number of nitro groups is 1. The Hall–Kier alpha value is -3.46. The van der Waals surface area contributed by atoms with Gasteiger partial charge in [-0.2, -0.15) is 0 Å². The van der Waals surface area contributed by atoms with Crippen LogP contribution in [0.5, 0.6) is 5.75 Å². The Bertz CT molecular complexity index is 908. The molecule has 0 radical (unpaired) electrons. The molecule has 1 heterocycles. The number of nitrogens with zero attached hydrogens (tertiary/aromatic N) is 1. The van der Waals surface area contributed by atoms with Crippen LogP contribution in [0.15, 0.2) is 48.5 Å². The molecule has 1 saturated heterocycles. The van der Waals surface area contributed by atoms with Gasteiger partial charge >= 0.3 is 5.97 Å². The van der Waals surface area contributed by atoms with Gasteiger partial charge in [0.1, 0.15) is 18.0 Å². The first-order valence-corrected chi connectivity index (χ1v) is 9.54. The standard InChI is InChI=1S/C21H22N2O7/c1-14(20(24)22-18-6-2-3-7-19(18)23(26)27)30-21(25)15-8-10-16(11-9-15)29-13-17-5-4-12-28-17/h2-3,6-11,14,17H,4-5,12-13H2,1H3,(H,22,24)/t14-,17-/m0/s1. The summed E-state index contributed by atoms with van der Waals surface area (Å²) in [7, 11) is 0. The number of esters is 1. The summed E-state index contributed by atoms with van der Waals surface area (Å²) in [5.74, 6) is -0.760. The van der Waals surface area contributed by atoms with Crippen molar-refractivity contribution in [2.75, 3.05) is 18.5 Å². The predicted molar refractivity (Wildman–Crippen MR) is 108 cm³/mol. The predicted octanol–water partition coefficient (Wildman–Crippen LogP) is 3.34. The summed E-state index contributed by atoms with van der Waals surface area (Å²) in [6.07, 6.45) is 0.945. The Labute approximate surface area is 173 Å². The minimum Gasteiger partial charge on any atom is -0.491 e. The Morgan fingerprint density at radius 1 is 1.23 bits per heavy atom. The number of nitrogens with one attached hydrogen (secondary N) is 1. The van der Waals surface area contributed by atoms with Crippen molar-refractivity contribution in [2.45, 2.75) is 32.0 Å². The van der Waals surface area contributed by atoms with Gasteiger partial charge in [0, 0.05) is 12.7 Å². The summed E-state index contributed by atoms with van der Waals surface area (Å²) in [5, 5.41) is 13.4. The Balaban J connectivity index is 1.53. The maximum Gasteiger partial charge on any atom is 0.338 e. The molecule has 30 heavy (non-hydrogen) atoms. The fourth-order valence-electron chi connectivity index (χ4n) is 2.91. The van der Waals surface area contributed by atoms with Crippen molar-refractivity contribution < 1.29 is 28.7 Å². The molecule has 0 aliphatic carbocycles. The summed E-state index contributed by atoms with van der Waals surface area (Å²) >= 11 is 0. The first-order valence-electron chi connectivity index (χ1n) is 9.54. The first kappa shape index (κ1) is 21.3. The number of para-hydroxylation sites is 2. The van der Waals surface area contributed by atoms with E-state index < -0.39 is 22.9 Å². The van der Waals surface area contributed by atoms with E-state index in [2.05, 4.69) is 5.32 Å². The molecule has 9 nitrogen and oxygen atoms in total. The molecule has 2 aromatic carbocycles. The topological polar surface area (TPSA) is 117 Å². The summed E-state index contributed by atoms with van der Waals surface area (Å²) in [5.41, 5.74) is 0.0379. The molecule has 2 aromatic rings. The van der Waals surface area contributed by atoms with Crippen molar-refractivity contribution in [2.24, 2.45) is 0 Å². The van der Waals surface area contributed by atoms with E-state index in [1.165, 1.54) is 25.1 Å². The first-order chi connectivity index (χ1) is 14.4. The second-order valence-corrected chi connectivity index (χ2v) is 6.78. The van der Waals surface area contributed by atoms with Gasteiger partial charge in [0.25, 0.3) is 11.6 Å². The van der Waals surface area contributed by atoms with Crippen LogP contribution in [0.4, 0.5) is 11.4 Å². The fraction of sp³-hybridized carbons (Fsp3) is 0.333. The van der Waals surface area contributed by atoms with Gasteiger partial charge < -0.3 is 19.5 Å². The van der Waals surface area contributed by atoms with Crippen LogP contribution >= 0.6 is 0 Å². The van der Waals surface area contributed by atoms with Crippen LogP contribution in [0, 0.1) is 10.1 Å². The van der Waals surface area contributed by atoms with Crippen LogP contribution in [-0.2, 0) is 14.3 Å². The SMILES string of the molecule is C[C@H](OC(=O)c1ccc(OC[C@@H]2CCCO2)cc1)C(=O)Nc1ccccc1[N+](=O)[O-]. The lowest BCUT2D eigenvalue weighted by molar-refractivity contribution is -0.383. The second-order valence-electron chi connectivity index (χ2n) is 6.78. The number of hydrogen-bond acceptors (Lipinski definition) is 7. The zero-order chi connectivity index (χ0) is 21.5. The Morgan fingerprint density at radius 2 is 1.97 bits per heavy atom. The molecule has 1 amide bonds. The average Bonchev–Trinajstić information content (AvgIpc) is 3.26. The van der Waals surface area contributed by atoms with Gasteiger partial charge in [-0.15, -0.1) is 0 Å². The molecule has 0 spiro atoms. The van der Waals surface area contributed by atoms with Crippen LogP contribution in [0.25, 0.3) is 0 Å². The third-order valence-corrected chi connectivity index (χ3v) is 4.56. The van der Waals surface area contributed by atoms with Crippen molar-refractivity contribution >= 4 is 23.3 Å². The molecule has 2 atom stereocenters. The van der Waals surface area contributed by atoms with Crippen LogP contribution in [0.3, 0.4) is 0 Å². The number of benzene rings is 2. The van der Waals surface area contributed by atoms with Crippen molar-refractivity contribution in [3.63, 3.8) is 0 Å². The molecule has 3 rings (SSSR count). The van der Waals surface area contributed by atoms with E-state index in [4.69, 9.17) is 14.2 Å². The third-order valence-electron chi connectivity index (χ3n) is 4.56. The number of nitro benzene ring substituents is 1. The van der Waals surface area contributed by atoms with Crippen LogP contribution in [0.1, 0.15) is 30.1 Å². The van der Waals surface area contributed by atoms with Gasteiger partial charge in [0.15, 0.2) is 6.10 Å². The minimum atomic E-state index is -1.15.